The van der Waals surface area contributed by atoms with Gasteiger partial charge in [-0.25, -0.2) is 0 Å². The SMILES string of the molecule is Cc1ccc(C(C)NC2CCCC(C(=O)O)C2)cc1. The van der Waals surface area contributed by atoms with Gasteiger partial charge in [0.15, 0.2) is 0 Å². The Balaban J connectivity index is 1.93. The Kier molecular flexibility index (Phi) is 4.59. The molecule has 3 unspecified atom stereocenters. The summed E-state index contributed by atoms with van der Waals surface area (Å²) in [4.78, 5) is 11.1. The minimum absolute atomic E-state index is 0.170. The molecule has 0 saturated heterocycles. The number of carboxylic acids is 1. The molecular weight excluding hydrogens is 238 g/mol. The highest BCUT2D eigenvalue weighted by atomic mass is 16.4. The zero-order chi connectivity index (χ0) is 13.8. The number of aliphatic carboxylic acids is 1. The van der Waals surface area contributed by atoms with Gasteiger partial charge in [-0.1, -0.05) is 36.2 Å². The highest BCUT2D eigenvalue weighted by molar-refractivity contribution is 5.70. The van der Waals surface area contributed by atoms with Crippen LogP contribution >= 0.6 is 0 Å². The Hall–Kier alpha value is -1.35. The van der Waals surface area contributed by atoms with Crippen molar-refractivity contribution in [3.63, 3.8) is 0 Å². The molecule has 19 heavy (non-hydrogen) atoms. The molecule has 3 heteroatoms. The summed E-state index contributed by atoms with van der Waals surface area (Å²) < 4.78 is 0. The van der Waals surface area contributed by atoms with Crippen LogP contribution in [0.25, 0.3) is 0 Å². The monoisotopic (exact) mass is 261 g/mol. The minimum atomic E-state index is -0.644. The van der Waals surface area contributed by atoms with Gasteiger partial charge in [0, 0.05) is 12.1 Å². The van der Waals surface area contributed by atoms with E-state index in [0.29, 0.717) is 6.04 Å². The highest BCUT2D eigenvalue weighted by Gasteiger charge is 2.27. The third kappa shape index (κ3) is 3.80. The molecule has 2 N–H and O–H groups in total. The third-order valence-electron chi connectivity index (χ3n) is 4.09. The van der Waals surface area contributed by atoms with E-state index in [4.69, 9.17) is 5.11 Å². The topological polar surface area (TPSA) is 49.3 Å². The highest BCUT2D eigenvalue weighted by Crippen LogP contribution is 2.26. The second-order valence-electron chi connectivity index (χ2n) is 5.70. The van der Waals surface area contributed by atoms with Crippen molar-refractivity contribution in [1.82, 2.24) is 5.32 Å². The molecule has 1 aliphatic rings. The molecule has 2 rings (SSSR count). The summed E-state index contributed by atoms with van der Waals surface area (Å²) in [6, 6.07) is 9.13. The average Bonchev–Trinajstić information content (AvgIpc) is 2.39. The third-order valence-corrected chi connectivity index (χ3v) is 4.09. The van der Waals surface area contributed by atoms with Crippen LogP contribution < -0.4 is 5.32 Å². The van der Waals surface area contributed by atoms with E-state index < -0.39 is 5.97 Å². The van der Waals surface area contributed by atoms with Crippen LogP contribution in [0.4, 0.5) is 0 Å². The summed E-state index contributed by atoms with van der Waals surface area (Å²) in [5.74, 6) is -0.814. The zero-order valence-corrected chi connectivity index (χ0v) is 11.7. The Bertz CT molecular complexity index is 427. The average molecular weight is 261 g/mol. The van der Waals surface area contributed by atoms with Crippen molar-refractivity contribution in [2.45, 2.75) is 51.6 Å². The summed E-state index contributed by atoms with van der Waals surface area (Å²) in [6.45, 7) is 4.23. The van der Waals surface area contributed by atoms with Gasteiger partial charge in [-0.15, -0.1) is 0 Å². The number of nitrogens with one attached hydrogen (secondary N) is 1. The van der Waals surface area contributed by atoms with Gasteiger partial charge in [0.05, 0.1) is 5.92 Å². The first-order valence-electron chi connectivity index (χ1n) is 7.11. The van der Waals surface area contributed by atoms with Gasteiger partial charge in [0.25, 0.3) is 0 Å². The lowest BCUT2D eigenvalue weighted by atomic mass is 9.85. The van der Waals surface area contributed by atoms with E-state index >= 15 is 0 Å². The number of carboxylic acid groups (broad SMARTS) is 1. The second-order valence-corrected chi connectivity index (χ2v) is 5.70. The van der Waals surface area contributed by atoms with Crippen molar-refractivity contribution in [1.29, 1.82) is 0 Å². The quantitative estimate of drug-likeness (QED) is 0.874. The molecule has 3 atom stereocenters. The smallest absolute Gasteiger partial charge is 0.306 e. The standard InChI is InChI=1S/C16H23NO2/c1-11-6-8-13(9-7-11)12(2)17-15-5-3-4-14(10-15)16(18)19/h6-9,12,14-15,17H,3-5,10H2,1-2H3,(H,18,19). The summed E-state index contributed by atoms with van der Waals surface area (Å²) in [7, 11) is 0. The van der Waals surface area contributed by atoms with E-state index in [0.717, 1.165) is 25.7 Å². The number of hydrogen-bond acceptors (Lipinski definition) is 2. The molecule has 0 amide bonds. The predicted octanol–water partition coefficient (Wildman–Crippen LogP) is 3.29. The molecule has 104 valence electrons. The number of aryl methyl sites for hydroxylation is 1. The van der Waals surface area contributed by atoms with Crippen molar-refractivity contribution in [2.75, 3.05) is 0 Å². The molecule has 1 saturated carbocycles. The second kappa shape index (κ2) is 6.20. The lowest BCUT2D eigenvalue weighted by molar-refractivity contribution is -0.143. The van der Waals surface area contributed by atoms with E-state index in [-0.39, 0.29) is 12.0 Å². The van der Waals surface area contributed by atoms with Crippen LogP contribution in [0.1, 0.15) is 49.8 Å². The van der Waals surface area contributed by atoms with E-state index in [2.05, 4.69) is 43.4 Å². The number of rotatable bonds is 4. The van der Waals surface area contributed by atoms with Crippen LogP contribution in [0, 0.1) is 12.8 Å². The van der Waals surface area contributed by atoms with Gasteiger partial charge in [-0.2, -0.15) is 0 Å². The van der Waals surface area contributed by atoms with E-state index in [1.165, 1.54) is 11.1 Å². The Morgan fingerprint density at radius 3 is 2.63 bits per heavy atom. The van der Waals surface area contributed by atoms with Gasteiger partial charge in [-0.05, 0) is 38.7 Å². The number of benzene rings is 1. The molecule has 1 aromatic carbocycles. The fraction of sp³-hybridized carbons (Fsp3) is 0.562. The van der Waals surface area contributed by atoms with Crippen LogP contribution in [-0.4, -0.2) is 17.1 Å². The molecule has 1 aliphatic carbocycles. The first-order valence-corrected chi connectivity index (χ1v) is 7.11. The number of hydrogen-bond donors (Lipinski definition) is 2. The van der Waals surface area contributed by atoms with Crippen LogP contribution in [0.5, 0.6) is 0 Å². The zero-order valence-electron chi connectivity index (χ0n) is 11.7. The van der Waals surface area contributed by atoms with Crippen LogP contribution in [0.2, 0.25) is 0 Å². The maximum Gasteiger partial charge on any atom is 0.306 e. The van der Waals surface area contributed by atoms with Crippen molar-refractivity contribution < 1.29 is 9.90 Å². The molecule has 0 bridgehead atoms. The summed E-state index contributed by atoms with van der Waals surface area (Å²) in [5.41, 5.74) is 2.53. The maximum absolute atomic E-state index is 11.1. The molecule has 0 aromatic heterocycles. The first-order chi connectivity index (χ1) is 9.06. The van der Waals surface area contributed by atoms with Crippen molar-refractivity contribution in [3.8, 4) is 0 Å². The van der Waals surface area contributed by atoms with E-state index in [9.17, 15) is 4.79 Å². The summed E-state index contributed by atoms with van der Waals surface area (Å²) >= 11 is 0. The van der Waals surface area contributed by atoms with Crippen LogP contribution in [-0.2, 0) is 4.79 Å². The molecule has 0 spiro atoms. The molecule has 0 heterocycles. The molecular formula is C16H23NO2. The number of carbonyl (C=O) groups is 1. The Morgan fingerprint density at radius 1 is 1.32 bits per heavy atom. The van der Waals surface area contributed by atoms with Gasteiger partial charge in [-0.3, -0.25) is 4.79 Å². The van der Waals surface area contributed by atoms with Gasteiger partial charge in [0.2, 0.25) is 0 Å². The molecule has 0 aliphatic heterocycles. The van der Waals surface area contributed by atoms with E-state index in [1.54, 1.807) is 0 Å². The molecule has 1 fully saturated rings. The molecule has 0 radical (unpaired) electrons. The van der Waals surface area contributed by atoms with Gasteiger partial charge >= 0.3 is 5.97 Å². The van der Waals surface area contributed by atoms with E-state index in [1.807, 2.05) is 0 Å². The van der Waals surface area contributed by atoms with Crippen LogP contribution in [0.15, 0.2) is 24.3 Å². The fourth-order valence-corrected chi connectivity index (χ4v) is 2.87. The first kappa shape index (κ1) is 14.1. The van der Waals surface area contributed by atoms with Gasteiger partial charge in [0.1, 0.15) is 0 Å². The maximum atomic E-state index is 11.1. The molecule has 1 aromatic rings. The predicted molar refractivity (Wildman–Crippen MR) is 76.1 cm³/mol. The lowest BCUT2D eigenvalue weighted by Gasteiger charge is -2.30. The van der Waals surface area contributed by atoms with Crippen LogP contribution in [0.3, 0.4) is 0 Å². The van der Waals surface area contributed by atoms with Crippen molar-refractivity contribution in [3.05, 3.63) is 35.4 Å². The summed E-state index contributed by atoms with van der Waals surface area (Å²) in [5, 5.41) is 12.7. The van der Waals surface area contributed by atoms with Crippen molar-refractivity contribution >= 4 is 5.97 Å². The van der Waals surface area contributed by atoms with Gasteiger partial charge < -0.3 is 10.4 Å². The minimum Gasteiger partial charge on any atom is -0.481 e. The summed E-state index contributed by atoms with van der Waals surface area (Å²) in [6.07, 6.45) is 3.67. The molecule has 3 nitrogen and oxygen atoms in total. The largest absolute Gasteiger partial charge is 0.481 e. The normalized spacial score (nSPS) is 24.9. The Morgan fingerprint density at radius 2 is 2.00 bits per heavy atom. The Labute approximate surface area is 115 Å². The lowest BCUT2D eigenvalue weighted by Crippen LogP contribution is -2.37. The van der Waals surface area contributed by atoms with Crippen molar-refractivity contribution in [2.24, 2.45) is 5.92 Å². The fourth-order valence-electron chi connectivity index (χ4n) is 2.87.